The van der Waals surface area contributed by atoms with E-state index in [9.17, 15) is 14.9 Å². The average molecular weight is 471 g/mol. The molecule has 0 atom stereocenters. The third-order valence-electron chi connectivity index (χ3n) is 4.90. The Morgan fingerprint density at radius 1 is 1.27 bits per heavy atom. The summed E-state index contributed by atoms with van der Waals surface area (Å²) in [7, 11) is 1.52. The molecule has 0 aliphatic rings. The Kier molecular flexibility index (Phi) is 8.01. The van der Waals surface area contributed by atoms with E-state index in [4.69, 9.17) is 0 Å². The molecule has 158 valence electrons. The first kappa shape index (κ1) is 23.4. The number of hydrogen-bond donors (Lipinski definition) is 1. The first-order valence-electron chi connectivity index (χ1n) is 9.77. The molecule has 2 aromatic rings. The second kappa shape index (κ2) is 10.3. The summed E-state index contributed by atoms with van der Waals surface area (Å²) in [5, 5.41) is 12.3. The van der Waals surface area contributed by atoms with Crippen molar-refractivity contribution in [2.45, 2.75) is 40.7 Å². The summed E-state index contributed by atoms with van der Waals surface area (Å²) in [6.07, 6.45) is 2.60. The molecule has 1 aromatic carbocycles. The number of aryl methyl sites for hydroxylation is 2. The number of amides is 2. The number of rotatable bonds is 7. The van der Waals surface area contributed by atoms with Gasteiger partial charge in [-0.15, -0.1) is 0 Å². The molecular weight excluding hydrogens is 444 g/mol. The fraction of sp³-hybridized carbons (Fsp3) is 0.348. The number of benzene rings is 1. The van der Waals surface area contributed by atoms with Gasteiger partial charge in [0.2, 0.25) is 5.91 Å². The minimum atomic E-state index is -0.486. The van der Waals surface area contributed by atoms with Gasteiger partial charge < -0.3 is 14.8 Å². The van der Waals surface area contributed by atoms with E-state index in [1.807, 2.05) is 45.0 Å². The Morgan fingerprint density at radius 2 is 1.97 bits per heavy atom. The number of carbonyl (C=O) groups is 2. The van der Waals surface area contributed by atoms with Gasteiger partial charge in [-0.2, -0.15) is 5.26 Å². The van der Waals surface area contributed by atoms with Crippen molar-refractivity contribution in [1.29, 1.82) is 5.26 Å². The average Bonchev–Trinajstić information content (AvgIpc) is 2.95. The highest BCUT2D eigenvalue weighted by Crippen LogP contribution is 2.21. The van der Waals surface area contributed by atoms with Gasteiger partial charge >= 0.3 is 0 Å². The molecule has 1 N–H and O–H groups in total. The minimum Gasteiger partial charge on any atom is -0.349 e. The Balaban J connectivity index is 2.13. The highest BCUT2D eigenvalue weighted by molar-refractivity contribution is 9.10. The number of likely N-dealkylation sites (N-methyl/N-ethyl adjacent to an activating group) is 1. The number of nitrogens with one attached hydrogen (secondary N) is 1. The lowest BCUT2D eigenvalue weighted by atomic mass is 10.1. The molecule has 0 fully saturated rings. The van der Waals surface area contributed by atoms with Crippen molar-refractivity contribution in [3.8, 4) is 6.07 Å². The van der Waals surface area contributed by atoms with E-state index in [1.165, 1.54) is 11.9 Å². The third kappa shape index (κ3) is 5.61. The van der Waals surface area contributed by atoms with Gasteiger partial charge in [-0.05, 0) is 68.7 Å². The smallest absolute Gasteiger partial charge is 0.264 e. The van der Waals surface area contributed by atoms with Gasteiger partial charge in [0.15, 0.2) is 0 Å². The van der Waals surface area contributed by atoms with Gasteiger partial charge in [0.05, 0.1) is 6.54 Å². The molecule has 6 nitrogen and oxygen atoms in total. The van der Waals surface area contributed by atoms with E-state index >= 15 is 0 Å². The number of hydrogen-bond acceptors (Lipinski definition) is 3. The van der Waals surface area contributed by atoms with Crippen LogP contribution in [0.1, 0.15) is 35.9 Å². The zero-order chi connectivity index (χ0) is 22.4. The highest BCUT2D eigenvalue weighted by atomic mass is 79.9. The van der Waals surface area contributed by atoms with Gasteiger partial charge in [0, 0.05) is 35.1 Å². The highest BCUT2D eigenvalue weighted by Gasteiger charge is 2.19. The molecule has 2 amide bonds. The topological polar surface area (TPSA) is 78.1 Å². The quantitative estimate of drug-likeness (QED) is 0.474. The van der Waals surface area contributed by atoms with Crippen LogP contribution in [0.25, 0.3) is 6.08 Å². The van der Waals surface area contributed by atoms with Crippen LogP contribution >= 0.6 is 15.9 Å². The number of aromatic nitrogens is 1. The number of nitrogens with zero attached hydrogens (tertiary/aromatic N) is 3. The minimum absolute atomic E-state index is 0.00173. The van der Waals surface area contributed by atoms with Crippen molar-refractivity contribution in [2.75, 3.05) is 18.9 Å². The van der Waals surface area contributed by atoms with E-state index in [-0.39, 0.29) is 18.0 Å². The predicted octanol–water partition coefficient (Wildman–Crippen LogP) is 4.59. The SMILES string of the molecule is CCCn1c(C)cc(/C=C(\C#N)C(=O)N(C)CC(=O)Nc2ccc(Br)cc2C)c1C. The van der Waals surface area contributed by atoms with Crippen molar-refractivity contribution in [2.24, 2.45) is 0 Å². The summed E-state index contributed by atoms with van der Waals surface area (Å²) in [6.45, 7) is 8.72. The lowest BCUT2D eigenvalue weighted by Crippen LogP contribution is -2.35. The summed E-state index contributed by atoms with van der Waals surface area (Å²) >= 11 is 3.39. The van der Waals surface area contributed by atoms with Crippen molar-refractivity contribution >= 4 is 39.5 Å². The molecule has 0 aliphatic carbocycles. The lowest BCUT2D eigenvalue weighted by molar-refractivity contribution is -0.129. The van der Waals surface area contributed by atoms with Gasteiger partial charge in [0.25, 0.3) is 5.91 Å². The van der Waals surface area contributed by atoms with Crippen LogP contribution in [0.5, 0.6) is 0 Å². The predicted molar refractivity (Wildman–Crippen MR) is 123 cm³/mol. The zero-order valence-electron chi connectivity index (χ0n) is 18.0. The molecule has 1 heterocycles. The molecule has 0 radical (unpaired) electrons. The number of carbonyl (C=O) groups excluding carboxylic acids is 2. The number of nitriles is 1. The second-order valence-corrected chi connectivity index (χ2v) is 8.23. The Morgan fingerprint density at radius 3 is 2.57 bits per heavy atom. The molecule has 0 saturated heterocycles. The Labute approximate surface area is 186 Å². The van der Waals surface area contributed by atoms with Gasteiger partial charge in [0.1, 0.15) is 11.6 Å². The van der Waals surface area contributed by atoms with Crippen LogP contribution in [0.4, 0.5) is 5.69 Å². The summed E-state index contributed by atoms with van der Waals surface area (Å²) in [5.41, 5.74) is 4.54. The van der Waals surface area contributed by atoms with E-state index < -0.39 is 5.91 Å². The lowest BCUT2D eigenvalue weighted by Gasteiger charge is -2.17. The fourth-order valence-corrected chi connectivity index (χ4v) is 3.76. The molecule has 0 saturated carbocycles. The van der Waals surface area contributed by atoms with Crippen LogP contribution in [-0.4, -0.2) is 34.9 Å². The summed E-state index contributed by atoms with van der Waals surface area (Å²) in [4.78, 5) is 26.4. The summed E-state index contributed by atoms with van der Waals surface area (Å²) < 4.78 is 3.09. The normalized spacial score (nSPS) is 11.2. The van der Waals surface area contributed by atoms with Gasteiger partial charge in [-0.3, -0.25) is 9.59 Å². The standard InChI is InChI=1S/C23H27BrN4O2/c1-6-9-28-16(3)11-18(17(28)4)12-19(13-25)23(30)27(5)14-22(29)26-21-8-7-20(24)10-15(21)2/h7-8,10-12H,6,9,14H2,1-5H3,(H,26,29)/b19-12+. The van der Waals surface area contributed by atoms with E-state index in [0.29, 0.717) is 5.69 Å². The molecular formula is C23H27BrN4O2. The Hall–Kier alpha value is -2.85. The summed E-state index contributed by atoms with van der Waals surface area (Å²) in [5.74, 6) is -0.810. The molecule has 0 bridgehead atoms. The molecule has 2 rings (SSSR count). The maximum Gasteiger partial charge on any atom is 0.264 e. The molecule has 0 spiro atoms. The largest absolute Gasteiger partial charge is 0.349 e. The first-order valence-corrected chi connectivity index (χ1v) is 10.6. The number of anilines is 1. The van der Waals surface area contributed by atoms with Crippen LogP contribution in [0.2, 0.25) is 0 Å². The van der Waals surface area contributed by atoms with Crippen LogP contribution in [0.3, 0.4) is 0 Å². The van der Waals surface area contributed by atoms with Crippen LogP contribution in [-0.2, 0) is 16.1 Å². The molecule has 0 unspecified atom stereocenters. The maximum absolute atomic E-state index is 12.7. The van der Waals surface area contributed by atoms with Gasteiger partial charge in [-0.25, -0.2) is 0 Å². The monoisotopic (exact) mass is 470 g/mol. The van der Waals surface area contributed by atoms with E-state index in [1.54, 1.807) is 12.1 Å². The zero-order valence-corrected chi connectivity index (χ0v) is 19.6. The van der Waals surface area contributed by atoms with Crippen LogP contribution < -0.4 is 5.32 Å². The molecule has 1 aromatic heterocycles. The molecule has 7 heteroatoms. The van der Waals surface area contributed by atoms with E-state index in [2.05, 4.69) is 32.7 Å². The van der Waals surface area contributed by atoms with Crippen molar-refractivity contribution in [1.82, 2.24) is 9.47 Å². The Bertz CT molecular complexity index is 1030. The number of halogens is 1. The molecule has 0 aliphatic heterocycles. The fourth-order valence-electron chi connectivity index (χ4n) is 3.29. The summed E-state index contributed by atoms with van der Waals surface area (Å²) in [6, 6.07) is 9.48. The van der Waals surface area contributed by atoms with Crippen LogP contribution in [0.15, 0.2) is 34.3 Å². The van der Waals surface area contributed by atoms with Crippen molar-refractivity contribution < 1.29 is 9.59 Å². The third-order valence-corrected chi connectivity index (χ3v) is 5.39. The molecule has 30 heavy (non-hydrogen) atoms. The second-order valence-electron chi connectivity index (χ2n) is 7.32. The van der Waals surface area contributed by atoms with Crippen LogP contribution in [0, 0.1) is 32.1 Å². The van der Waals surface area contributed by atoms with Crippen molar-refractivity contribution in [3.63, 3.8) is 0 Å². The van der Waals surface area contributed by atoms with Crippen molar-refractivity contribution in [3.05, 3.63) is 56.8 Å². The maximum atomic E-state index is 12.7. The van der Waals surface area contributed by atoms with E-state index in [0.717, 1.165) is 40.0 Å². The van der Waals surface area contributed by atoms with Gasteiger partial charge in [-0.1, -0.05) is 22.9 Å². The first-order chi connectivity index (χ1) is 14.2.